The van der Waals surface area contributed by atoms with Crippen molar-refractivity contribution in [3.05, 3.63) is 126 Å². The molecular formula is C38H38N4O7. The summed E-state index contributed by atoms with van der Waals surface area (Å²) in [6.07, 6.45) is 0.645. The monoisotopic (exact) mass is 662 g/mol. The number of rotatable bonds is 7. The Balaban J connectivity index is 1.41. The maximum Gasteiger partial charge on any atom is 0.326 e. The number of nitrogens with one attached hydrogen (secondary N) is 4. The zero-order chi connectivity index (χ0) is 34.6. The van der Waals surface area contributed by atoms with Crippen LogP contribution in [0.25, 0.3) is 11.1 Å². The van der Waals surface area contributed by atoms with Crippen molar-refractivity contribution >= 4 is 29.6 Å². The van der Waals surface area contributed by atoms with Gasteiger partial charge in [0.1, 0.15) is 23.9 Å². The highest BCUT2D eigenvalue weighted by molar-refractivity contribution is 5.94. The molecule has 4 amide bonds. The second-order valence-electron chi connectivity index (χ2n) is 11.8. The van der Waals surface area contributed by atoms with E-state index in [0.29, 0.717) is 17.7 Å². The maximum atomic E-state index is 13.9. The smallest absolute Gasteiger partial charge is 0.326 e. The van der Waals surface area contributed by atoms with Gasteiger partial charge in [-0.25, -0.2) is 4.79 Å². The van der Waals surface area contributed by atoms with Crippen molar-refractivity contribution in [2.24, 2.45) is 0 Å². The average molecular weight is 663 g/mol. The van der Waals surface area contributed by atoms with Crippen LogP contribution in [0.2, 0.25) is 0 Å². The van der Waals surface area contributed by atoms with Crippen LogP contribution in [0.5, 0.6) is 5.75 Å². The van der Waals surface area contributed by atoms with Crippen LogP contribution in [0.1, 0.15) is 23.1 Å². The van der Waals surface area contributed by atoms with E-state index < -0.39 is 54.3 Å². The van der Waals surface area contributed by atoms with Gasteiger partial charge in [-0.1, -0.05) is 97.1 Å². The number of fused-ring (bicyclic) bond motifs is 16. The van der Waals surface area contributed by atoms with Crippen LogP contribution in [0.15, 0.2) is 109 Å². The summed E-state index contributed by atoms with van der Waals surface area (Å²) in [7, 11) is 0. The maximum absolute atomic E-state index is 13.9. The van der Waals surface area contributed by atoms with Crippen molar-refractivity contribution in [3.8, 4) is 16.9 Å². The summed E-state index contributed by atoms with van der Waals surface area (Å²) in [4.78, 5) is 65.3. The van der Waals surface area contributed by atoms with Gasteiger partial charge in [-0.3, -0.25) is 19.2 Å². The number of aliphatic carboxylic acids is 1. The van der Waals surface area contributed by atoms with Crippen LogP contribution >= 0.6 is 0 Å². The molecule has 5 N–H and O–H groups in total. The molecule has 0 fully saturated rings. The fraction of sp³-hybridized carbons (Fsp3) is 0.237. The van der Waals surface area contributed by atoms with Crippen molar-refractivity contribution in [3.63, 3.8) is 0 Å². The molecular weight excluding hydrogens is 624 g/mol. The van der Waals surface area contributed by atoms with E-state index in [9.17, 15) is 29.1 Å². The molecule has 2 bridgehead atoms. The van der Waals surface area contributed by atoms with E-state index in [-0.39, 0.29) is 25.9 Å². The molecule has 2 heterocycles. The second-order valence-corrected chi connectivity index (χ2v) is 11.8. The van der Waals surface area contributed by atoms with E-state index >= 15 is 0 Å². The highest BCUT2D eigenvalue weighted by atomic mass is 16.5. The first-order valence-corrected chi connectivity index (χ1v) is 16.0. The number of hydrogen-bond acceptors (Lipinski definition) is 6. The topological polar surface area (TPSA) is 163 Å². The summed E-state index contributed by atoms with van der Waals surface area (Å²) in [5.74, 6) is -3.34. The minimum Gasteiger partial charge on any atom is -0.484 e. The van der Waals surface area contributed by atoms with Gasteiger partial charge in [0.25, 0.3) is 5.91 Å². The molecule has 0 unspecified atom stereocenters. The first kappa shape index (κ1) is 34.4. The van der Waals surface area contributed by atoms with Gasteiger partial charge in [-0.2, -0.15) is 0 Å². The van der Waals surface area contributed by atoms with E-state index in [2.05, 4.69) is 21.3 Å². The van der Waals surface area contributed by atoms with Gasteiger partial charge in [-0.05, 0) is 52.8 Å². The number of carboxylic acid groups (broad SMARTS) is 1. The van der Waals surface area contributed by atoms with Gasteiger partial charge in [-0.15, -0.1) is 0 Å². The SMILES string of the molecule is O=C1COc2ccc(cc2)C[C@@H](C(=O)O)NC(=O)[C@H](CCc2ccccc2)NC(=O)[C@@H](Cc2ccc(-c3ccccc3)cc2)NC(=O)CN1. The lowest BCUT2D eigenvalue weighted by atomic mass is 9.99. The molecule has 11 nitrogen and oxygen atoms in total. The second kappa shape index (κ2) is 16.7. The molecule has 49 heavy (non-hydrogen) atoms. The van der Waals surface area contributed by atoms with Crippen molar-refractivity contribution in [1.29, 1.82) is 0 Å². The summed E-state index contributed by atoms with van der Waals surface area (Å²) in [6, 6.07) is 29.7. The molecule has 0 spiro atoms. The number of hydrogen-bond donors (Lipinski definition) is 5. The number of benzene rings is 4. The normalized spacial score (nSPS) is 19.1. The van der Waals surface area contributed by atoms with Crippen LogP contribution in [-0.2, 0) is 43.2 Å². The average Bonchev–Trinajstić information content (AvgIpc) is 3.12. The van der Waals surface area contributed by atoms with Crippen molar-refractivity contribution in [2.75, 3.05) is 13.2 Å². The Kier molecular flexibility index (Phi) is 11.7. The summed E-state index contributed by atoms with van der Waals surface area (Å²) >= 11 is 0. The molecule has 2 aliphatic heterocycles. The highest BCUT2D eigenvalue weighted by Gasteiger charge is 2.30. The number of carbonyl (C=O) groups excluding carboxylic acids is 4. The van der Waals surface area contributed by atoms with Crippen LogP contribution in [0, 0.1) is 0 Å². The van der Waals surface area contributed by atoms with E-state index in [1.54, 1.807) is 24.3 Å². The third-order valence-electron chi connectivity index (χ3n) is 8.14. The van der Waals surface area contributed by atoms with Gasteiger partial charge in [0.15, 0.2) is 6.61 Å². The fourth-order valence-corrected chi connectivity index (χ4v) is 5.46. The predicted octanol–water partition coefficient (Wildman–Crippen LogP) is 2.82. The Morgan fingerprint density at radius 3 is 1.98 bits per heavy atom. The zero-order valence-corrected chi connectivity index (χ0v) is 26.8. The molecule has 3 atom stereocenters. The van der Waals surface area contributed by atoms with Crippen molar-refractivity contribution in [2.45, 2.75) is 43.8 Å². The Bertz CT molecular complexity index is 1750. The minimum atomic E-state index is -1.29. The fourth-order valence-electron chi connectivity index (χ4n) is 5.46. The molecule has 0 saturated heterocycles. The number of aryl methyl sites for hydroxylation is 1. The largest absolute Gasteiger partial charge is 0.484 e. The zero-order valence-electron chi connectivity index (χ0n) is 26.8. The molecule has 0 saturated carbocycles. The first-order chi connectivity index (χ1) is 23.7. The number of carboxylic acids is 1. The Labute approximate surface area is 284 Å². The lowest BCUT2D eigenvalue weighted by Gasteiger charge is -2.25. The highest BCUT2D eigenvalue weighted by Crippen LogP contribution is 2.20. The molecule has 11 heteroatoms. The van der Waals surface area contributed by atoms with Gasteiger partial charge >= 0.3 is 5.97 Å². The Morgan fingerprint density at radius 2 is 1.31 bits per heavy atom. The van der Waals surface area contributed by atoms with Gasteiger partial charge in [0.2, 0.25) is 17.7 Å². The van der Waals surface area contributed by atoms with Gasteiger partial charge in [0, 0.05) is 12.8 Å². The van der Waals surface area contributed by atoms with Gasteiger partial charge < -0.3 is 31.1 Å². The molecule has 0 aliphatic carbocycles. The predicted molar refractivity (Wildman–Crippen MR) is 182 cm³/mol. The molecule has 2 aliphatic rings. The quantitative estimate of drug-likeness (QED) is 0.190. The number of amides is 4. The summed E-state index contributed by atoms with van der Waals surface area (Å²) in [6.45, 7) is -0.767. The van der Waals surface area contributed by atoms with E-state index in [0.717, 1.165) is 22.3 Å². The van der Waals surface area contributed by atoms with E-state index in [1.165, 1.54) is 0 Å². The minimum absolute atomic E-state index is 0.0289. The Morgan fingerprint density at radius 1 is 0.673 bits per heavy atom. The number of carbonyl (C=O) groups is 5. The summed E-state index contributed by atoms with van der Waals surface area (Å²) in [5, 5.41) is 20.6. The summed E-state index contributed by atoms with van der Waals surface area (Å²) < 4.78 is 5.51. The first-order valence-electron chi connectivity index (χ1n) is 16.0. The van der Waals surface area contributed by atoms with Crippen LogP contribution in [0.4, 0.5) is 0 Å². The Hall–Kier alpha value is -5.97. The molecule has 0 aromatic heterocycles. The lowest BCUT2D eigenvalue weighted by molar-refractivity contribution is -0.142. The van der Waals surface area contributed by atoms with Crippen molar-refractivity contribution < 1.29 is 33.8 Å². The lowest BCUT2D eigenvalue weighted by Crippen LogP contribution is -2.57. The standard InChI is InChI=1S/C38H38N4O7/c43-34-23-39-35(44)24-49-30-18-13-27(14-19-30)22-33(38(47)48)42-36(45)31(20-15-25-7-3-1-4-8-25)41-37(46)32(40-34)21-26-11-16-29(17-12-26)28-9-5-2-6-10-28/h1-14,16-19,31-33H,15,20-24H2,(H,39,44)(H,40,43)(H,41,46)(H,42,45)(H,47,48)/t31-,32+,33-/m0/s1. The molecule has 252 valence electrons. The molecule has 4 aromatic carbocycles. The van der Waals surface area contributed by atoms with E-state index in [1.807, 2.05) is 84.9 Å². The number of ether oxygens (including phenoxy) is 1. The third-order valence-corrected chi connectivity index (χ3v) is 8.14. The van der Waals surface area contributed by atoms with Crippen LogP contribution < -0.4 is 26.0 Å². The van der Waals surface area contributed by atoms with E-state index in [4.69, 9.17) is 4.74 Å². The molecule has 0 radical (unpaired) electrons. The third kappa shape index (κ3) is 10.3. The van der Waals surface area contributed by atoms with Crippen molar-refractivity contribution in [1.82, 2.24) is 21.3 Å². The van der Waals surface area contributed by atoms with Crippen LogP contribution in [-0.4, -0.2) is 66.0 Å². The molecule has 4 aromatic rings. The molecule has 6 rings (SSSR count). The van der Waals surface area contributed by atoms with Gasteiger partial charge in [0.05, 0.1) is 6.54 Å². The summed E-state index contributed by atoms with van der Waals surface area (Å²) in [5.41, 5.74) is 4.28. The van der Waals surface area contributed by atoms with Crippen LogP contribution in [0.3, 0.4) is 0 Å².